The van der Waals surface area contributed by atoms with Crippen LogP contribution in [0.1, 0.15) is 11.4 Å². The van der Waals surface area contributed by atoms with E-state index < -0.39 is 0 Å². The Hall–Kier alpha value is -3.71. The second-order valence-corrected chi connectivity index (χ2v) is 9.07. The molecule has 0 amide bonds. The molecule has 0 saturated carbocycles. The molecule has 0 fully saturated rings. The molecule has 0 aliphatic carbocycles. The predicted molar refractivity (Wildman–Crippen MR) is 170 cm³/mol. The Morgan fingerprint density at radius 1 is 0.477 bits per heavy atom. The number of benzene rings is 2. The largest absolute Gasteiger partial charge is 0.489 e. The zero-order chi connectivity index (χ0) is 30.9. The lowest BCUT2D eigenvalue weighted by Crippen LogP contribution is -2.12. The molecule has 0 saturated heterocycles. The number of hydrogen-bond acceptors (Lipinski definition) is 11. The van der Waals surface area contributed by atoms with Gasteiger partial charge in [0, 0.05) is 14.2 Å². The van der Waals surface area contributed by atoms with Crippen molar-refractivity contribution in [1.29, 1.82) is 0 Å². The molecule has 0 aliphatic rings. The van der Waals surface area contributed by atoms with Gasteiger partial charge >= 0.3 is 0 Å². The van der Waals surface area contributed by atoms with Gasteiger partial charge in [0.15, 0.2) is 0 Å². The van der Waals surface area contributed by atoms with Crippen molar-refractivity contribution in [3.63, 3.8) is 0 Å². The number of rotatable bonds is 24. The van der Waals surface area contributed by atoms with E-state index in [-0.39, 0.29) is 0 Å². The first-order valence-corrected chi connectivity index (χ1v) is 14.6. The maximum atomic E-state index is 5.89. The molecule has 238 valence electrons. The molecule has 3 aromatic rings. The second kappa shape index (κ2) is 22.8. The quantitative estimate of drug-likeness (QED) is 0.105. The summed E-state index contributed by atoms with van der Waals surface area (Å²) < 4.78 is 43.5. The monoisotopic (exact) mass is 609 g/mol. The maximum Gasteiger partial charge on any atom is 0.145 e. The van der Waals surface area contributed by atoms with E-state index in [1.807, 2.05) is 66.7 Å². The highest BCUT2D eigenvalue weighted by molar-refractivity contribution is 5.84. The molecule has 0 radical (unpaired) electrons. The minimum absolute atomic E-state index is 0.400. The van der Waals surface area contributed by atoms with Gasteiger partial charge in [-0.3, -0.25) is 9.98 Å². The first-order valence-electron chi connectivity index (χ1n) is 14.6. The molecule has 0 N–H and O–H groups in total. The summed E-state index contributed by atoms with van der Waals surface area (Å²) in [5.41, 5.74) is 2.77. The molecule has 0 atom stereocenters. The average Bonchev–Trinajstić information content (AvgIpc) is 3.06. The van der Waals surface area contributed by atoms with Gasteiger partial charge in [-0.15, -0.1) is 0 Å². The fourth-order valence-electron chi connectivity index (χ4n) is 3.61. The molecular formula is C33H43N3O8. The Morgan fingerprint density at radius 3 is 1.30 bits per heavy atom. The number of para-hydroxylation sites is 4. The molecule has 0 bridgehead atoms. The van der Waals surface area contributed by atoms with Crippen molar-refractivity contribution < 1.29 is 37.9 Å². The van der Waals surface area contributed by atoms with Crippen LogP contribution in [0.2, 0.25) is 0 Å². The van der Waals surface area contributed by atoms with Crippen molar-refractivity contribution in [2.24, 2.45) is 9.98 Å². The minimum Gasteiger partial charge on any atom is -0.489 e. The number of aromatic nitrogens is 1. The van der Waals surface area contributed by atoms with E-state index in [4.69, 9.17) is 37.9 Å². The van der Waals surface area contributed by atoms with Crippen LogP contribution in [0.15, 0.2) is 76.7 Å². The van der Waals surface area contributed by atoms with Gasteiger partial charge in [-0.1, -0.05) is 30.3 Å². The van der Waals surface area contributed by atoms with Crippen LogP contribution in [0, 0.1) is 0 Å². The lowest BCUT2D eigenvalue weighted by Gasteiger charge is -2.09. The standard InChI is InChI=1S/C33H43N3O8/c1-37-14-16-39-18-20-41-22-24-43-32-12-5-3-10-30(32)34-26-28-8-7-9-29(36-28)27-35-31-11-4-6-13-33(31)44-25-23-42-21-19-40-17-15-38-2/h3-13,26-27H,14-25H2,1-2H3. The Bertz CT molecular complexity index is 1150. The Labute approximate surface area is 259 Å². The Morgan fingerprint density at radius 2 is 0.864 bits per heavy atom. The summed E-state index contributed by atoms with van der Waals surface area (Å²) in [5, 5.41) is 0. The summed E-state index contributed by atoms with van der Waals surface area (Å²) in [6.45, 7) is 5.98. The molecular weight excluding hydrogens is 566 g/mol. The SMILES string of the molecule is COCCOCCOCCOc1ccccc1N=Cc1cccc(C=Nc2ccccc2OCCOCCOCCOC)n1. The summed E-state index contributed by atoms with van der Waals surface area (Å²) in [5.74, 6) is 1.33. The highest BCUT2D eigenvalue weighted by atomic mass is 16.6. The zero-order valence-electron chi connectivity index (χ0n) is 25.6. The van der Waals surface area contributed by atoms with E-state index >= 15 is 0 Å². The van der Waals surface area contributed by atoms with Crippen LogP contribution in [-0.2, 0) is 28.4 Å². The summed E-state index contributed by atoms with van der Waals surface area (Å²) in [6.07, 6.45) is 3.40. The molecule has 0 spiro atoms. The van der Waals surface area contributed by atoms with Crippen LogP contribution in [0.3, 0.4) is 0 Å². The maximum absolute atomic E-state index is 5.89. The molecule has 2 aromatic carbocycles. The minimum atomic E-state index is 0.400. The fraction of sp³-hybridized carbons (Fsp3) is 0.424. The highest BCUT2D eigenvalue weighted by Crippen LogP contribution is 2.27. The molecule has 44 heavy (non-hydrogen) atoms. The van der Waals surface area contributed by atoms with Gasteiger partial charge in [0.2, 0.25) is 0 Å². The molecule has 1 heterocycles. The lowest BCUT2D eigenvalue weighted by atomic mass is 10.3. The number of pyridine rings is 1. The van der Waals surface area contributed by atoms with E-state index in [2.05, 4.69) is 15.0 Å². The molecule has 1 aromatic heterocycles. The average molecular weight is 610 g/mol. The van der Waals surface area contributed by atoms with Crippen molar-refractivity contribution in [2.75, 3.05) is 93.5 Å². The zero-order valence-corrected chi connectivity index (χ0v) is 25.6. The molecule has 0 aliphatic heterocycles. The summed E-state index contributed by atoms with van der Waals surface area (Å²) in [6, 6.07) is 20.8. The third-order valence-electron chi connectivity index (χ3n) is 5.77. The van der Waals surface area contributed by atoms with E-state index in [0.717, 1.165) is 0 Å². The van der Waals surface area contributed by atoms with Crippen LogP contribution < -0.4 is 9.47 Å². The summed E-state index contributed by atoms with van der Waals surface area (Å²) >= 11 is 0. The smallest absolute Gasteiger partial charge is 0.145 e. The number of methoxy groups -OCH3 is 2. The number of nitrogens with zero attached hydrogens (tertiary/aromatic N) is 3. The van der Waals surface area contributed by atoms with Gasteiger partial charge in [0.1, 0.15) is 36.1 Å². The van der Waals surface area contributed by atoms with E-state index in [0.29, 0.717) is 114 Å². The normalized spacial score (nSPS) is 11.5. The van der Waals surface area contributed by atoms with Crippen LogP contribution >= 0.6 is 0 Å². The van der Waals surface area contributed by atoms with Crippen molar-refractivity contribution in [3.8, 4) is 11.5 Å². The molecule has 11 heteroatoms. The van der Waals surface area contributed by atoms with Gasteiger partial charge in [-0.25, -0.2) is 4.98 Å². The van der Waals surface area contributed by atoms with E-state index in [1.54, 1.807) is 26.6 Å². The lowest BCUT2D eigenvalue weighted by molar-refractivity contribution is 0.0180. The van der Waals surface area contributed by atoms with Gasteiger partial charge in [-0.05, 0) is 36.4 Å². The number of ether oxygens (including phenoxy) is 8. The van der Waals surface area contributed by atoms with Crippen molar-refractivity contribution in [2.45, 2.75) is 0 Å². The fourth-order valence-corrected chi connectivity index (χ4v) is 3.61. The third kappa shape index (κ3) is 14.6. The molecule has 3 rings (SSSR count). The number of aliphatic imine (C=N–C) groups is 2. The van der Waals surface area contributed by atoms with Crippen molar-refractivity contribution in [3.05, 3.63) is 78.1 Å². The van der Waals surface area contributed by atoms with Crippen LogP contribution in [0.5, 0.6) is 11.5 Å². The van der Waals surface area contributed by atoms with Gasteiger partial charge in [-0.2, -0.15) is 0 Å². The highest BCUT2D eigenvalue weighted by Gasteiger charge is 2.04. The van der Waals surface area contributed by atoms with E-state index in [1.165, 1.54) is 0 Å². The van der Waals surface area contributed by atoms with Crippen LogP contribution in [0.25, 0.3) is 0 Å². The van der Waals surface area contributed by atoms with Gasteiger partial charge < -0.3 is 37.9 Å². The predicted octanol–water partition coefficient (Wildman–Crippen LogP) is 4.70. The Balaban J connectivity index is 1.46. The molecule has 0 unspecified atom stereocenters. The van der Waals surface area contributed by atoms with Gasteiger partial charge in [0.05, 0.1) is 89.9 Å². The van der Waals surface area contributed by atoms with Crippen molar-refractivity contribution >= 4 is 23.8 Å². The van der Waals surface area contributed by atoms with Crippen LogP contribution in [-0.4, -0.2) is 111 Å². The number of hydrogen-bond donors (Lipinski definition) is 0. The van der Waals surface area contributed by atoms with Crippen LogP contribution in [0.4, 0.5) is 11.4 Å². The first kappa shape index (κ1) is 34.8. The van der Waals surface area contributed by atoms with Crippen molar-refractivity contribution in [1.82, 2.24) is 4.98 Å². The van der Waals surface area contributed by atoms with Gasteiger partial charge in [0.25, 0.3) is 0 Å². The Kier molecular flexibility index (Phi) is 18.0. The third-order valence-corrected chi connectivity index (χ3v) is 5.77. The summed E-state index contributed by atoms with van der Waals surface area (Å²) in [4.78, 5) is 13.9. The second-order valence-electron chi connectivity index (χ2n) is 9.07. The topological polar surface area (TPSA) is 111 Å². The first-order chi connectivity index (χ1) is 21.8. The summed E-state index contributed by atoms with van der Waals surface area (Å²) in [7, 11) is 3.29. The molecule has 11 nitrogen and oxygen atoms in total. The van der Waals surface area contributed by atoms with E-state index in [9.17, 15) is 0 Å².